The van der Waals surface area contributed by atoms with Crippen LogP contribution in [-0.4, -0.2) is 63.0 Å². The average Bonchev–Trinajstić information content (AvgIpc) is 2.59. The molecular formula is C19H35NO4S. The predicted octanol–water partition coefficient (Wildman–Crippen LogP) is 2.69. The molecule has 0 unspecified atom stereocenters. The molecule has 0 aromatic heterocycles. The normalized spacial score (nSPS) is 26.0. The Labute approximate surface area is 153 Å². The first-order chi connectivity index (χ1) is 11.9. The van der Waals surface area contributed by atoms with Gasteiger partial charge in [0.1, 0.15) is 5.78 Å². The minimum absolute atomic E-state index is 0.168. The maximum Gasteiger partial charge on any atom is 0.152 e. The second kappa shape index (κ2) is 10.0. The third kappa shape index (κ3) is 6.99. The van der Waals surface area contributed by atoms with Gasteiger partial charge in [0.2, 0.25) is 0 Å². The van der Waals surface area contributed by atoms with Crippen molar-refractivity contribution in [2.45, 2.75) is 64.0 Å². The molecule has 6 heteroatoms. The smallest absolute Gasteiger partial charge is 0.152 e. The Balaban J connectivity index is 1.60. The van der Waals surface area contributed by atoms with Gasteiger partial charge in [-0.05, 0) is 64.8 Å². The van der Waals surface area contributed by atoms with Crippen LogP contribution in [-0.2, 0) is 19.4 Å². The molecule has 1 saturated heterocycles. The van der Waals surface area contributed by atoms with Gasteiger partial charge in [-0.25, -0.2) is 8.42 Å². The first kappa shape index (κ1) is 20.8. The number of morpholine rings is 1. The largest absolute Gasteiger partial charge is 0.379 e. The second-order valence-electron chi connectivity index (χ2n) is 7.97. The van der Waals surface area contributed by atoms with E-state index in [0.29, 0.717) is 18.0 Å². The number of carbonyl (C=O) groups is 1. The molecule has 0 bridgehead atoms. The van der Waals surface area contributed by atoms with E-state index in [4.69, 9.17) is 4.74 Å². The summed E-state index contributed by atoms with van der Waals surface area (Å²) in [5, 5.41) is -0.293. The van der Waals surface area contributed by atoms with Crippen molar-refractivity contribution in [3.8, 4) is 0 Å². The van der Waals surface area contributed by atoms with Gasteiger partial charge in [-0.15, -0.1) is 0 Å². The number of hydrogen-bond donors (Lipinski definition) is 0. The third-order valence-electron chi connectivity index (χ3n) is 5.74. The number of unbranched alkanes of at least 4 members (excludes halogenated alkanes) is 1. The first-order valence-electron chi connectivity index (χ1n) is 9.93. The molecule has 0 aromatic rings. The van der Waals surface area contributed by atoms with Crippen LogP contribution in [0.1, 0.15) is 58.8 Å². The summed E-state index contributed by atoms with van der Waals surface area (Å²) in [6.45, 7) is 8.25. The monoisotopic (exact) mass is 373 g/mol. The van der Waals surface area contributed by atoms with Crippen molar-refractivity contribution in [2.24, 2.45) is 11.8 Å². The molecule has 0 radical (unpaired) electrons. The predicted molar refractivity (Wildman–Crippen MR) is 100 cm³/mol. The molecule has 5 nitrogen and oxygen atoms in total. The highest BCUT2D eigenvalue weighted by Crippen LogP contribution is 2.31. The summed E-state index contributed by atoms with van der Waals surface area (Å²) < 4.78 is 29.4. The minimum Gasteiger partial charge on any atom is -0.379 e. The summed E-state index contributed by atoms with van der Waals surface area (Å²) in [5.74, 6) is 1.11. The van der Waals surface area contributed by atoms with Crippen LogP contribution in [0, 0.1) is 11.8 Å². The van der Waals surface area contributed by atoms with E-state index < -0.39 is 9.84 Å². The Kier molecular flexibility index (Phi) is 8.36. The fourth-order valence-corrected chi connectivity index (χ4v) is 5.21. The van der Waals surface area contributed by atoms with E-state index >= 15 is 0 Å². The Bertz CT molecular complexity index is 504. The maximum absolute atomic E-state index is 12.4. The zero-order valence-electron chi connectivity index (χ0n) is 15.9. The fourth-order valence-electron chi connectivity index (χ4n) is 3.84. The van der Waals surface area contributed by atoms with Gasteiger partial charge in [0.15, 0.2) is 9.84 Å². The van der Waals surface area contributed by atoms with Crippen LogP contribution in [0.5, 0.6) is 0 Å². The lowest BCUT2D eigenvalue weighted by molar-refractivity contribution is -0.124. The van der Waals surface area contributed by atoms with E-state index in [2.05, 4.69) is 4.90 Å². The van der Waals surface area contributed by atoms with Crippen molar-refractivity contribution in [3.05, 3.63) is 0 Å². The number of hydrogen-bond acceptors (Lipinski definition) is 5. The fraction of sp³-hybridized carbons (Fsp3) is 0.947. The van der Waals surface area contributed by atoms with E-state index in [-0.39, 0.29) is 17.1 Å². The van der Waals surface area contributed by atoms with Crippen LogP contribution in [0.25, 0.3) is 0 Å². The molecule has 0 amide bonds. The molecule has 0 spiro atoms. The van der Waals surface area contributed by atoms with E-state index in [1.807, 2.05) is 0 Å². The summed E-state index contributed by atoms with van der Waals surface area (Å²) in [5.41, 5.74) is 0. The van der Waals surface area contributed by atoms with E-state index in [9.17, 15) is 13.2 Å². The van der Waals surface area contributed by atoms with Gasteiger partial charge >= 0.3 is 0 Å². The van der Waals surface area contributed by atoms with Crippen molar-refractivity contribution in [1.82, 2.24) is 4.90 Å². The summed E-state index contributed by atoms with van der Waals surface area (Å²) in [6, 6.07) is 0. The molecule has 146 valence electrons. The molecule has 1 saturated carbocycles. The van der Waals surface area contributed by atoms with Gasteiger partial charge in [-0.1, -0.05) is 0 Å². The number of rotatable bonds is 9. The van der Waals surface area contributed by atoms with Crippen molar-refractivity contribution in [3.63, 3.8) is 0 Å². The second-order valence-corrected chi connectivity index (χ2v) is 10.6. The van der Waals surface area contributed by atoms with Crippen molar-refractivity contribution >= 4 is 15.6 Å². The maximum atomic E-state index is 12.4. The zero-order valence-corrected chi connectivity index (χ0v) is 16.7. The first-order valence-corrected chi connectivity index (χ1v) is 11.6. The molecule has 1 aliphatic heterocycles. The number of ether oxygens (including phenoxy) is 1. The van der Waals surface area contributed by atoms with Crippen molar-refractivity contribution in [1.29, 1.82) is 0 Å². The SMILES string of the molecule is CC(C)S(=O)(=O)CC1CCC(C(=O)CCCCN2CCOCC2)CC1. The number of carbonyl (C=O) groups excluding carboxylic acids is 1. The number of ketones is 1. The third-order valence-corrected chi connectivity index (χ3v) is 8.11. The van der Waals surface area contributed by atoms with Crippen LogP contribution >= 0.6 is 0 Å². The van der Waals surface area contributed by atoms with Crippen LogP contribution in [0.2, 0.25) is 0 Å². The highest BCUT2D eigenvalue weighted by atomic mass is 32.2. The number of Topliss-reactive ketones (excluding diaryl/α,β-unsaturated/α-hetero) is 1. The molecule has 2 fully saturated rings. The van der Waals surface area contributed by atoms with Crippen LogP contribution in [0.3, 0.4) is 0 Å². The van der Waals surface area contributed by atoms with Crippen LogP contribution < -0.4 is 0 Å². The highest BCUT2D eigenvalue weighted by Gasteiger charge is 2.29. The molecule has 0 aromatic carbocycles. The molecule has 1 aliphatic carbocycles. The van der Waals surface area contributed by atoms with Crippen LogP contribution in [0.15, 0.2) is 0 Å². The standard InChI is InChI=1S/C19H35NO4S/c1-16(2)25(22,23)15-17-6-8-18(9-7-17)19(21)5-3-4-10-20-11-13-24-14-12-20/h16-18H,3-15H2,1-2H3. The summed E-state index contributed by atoms with van der Waals surface area (Å²) in [7, 11) is -2.96. The minimum atomic E-state index is -2.96. The highest BCUT2D eigenvalue weighted by molar-refractivity contribution is 7.91. The van der Waals surface area contributed by atoms with Gasteiger partial charge in [-0.3, -0.25) is 9.69 Å². The van der Waals surface area contributed by atoms with E-state index in [1.165, 1.54) is 0 Å². The Hall–Kier alpha value is -0.460. The Morgan fingerprint density at radius 2 is 1.72 bits per heavy atom. The van der Waals surface area contributed by atoms with Gasteiger partial charge in [0, 0.05) is 25.4 Å². The average molecular weight is 374 g/mol. The Morgan fingerprint density at radius 1 is 1.08 bits per heavy atom. The van der Waals surface area contributed by atoms with Gasteiger partial charge in [0.05, 0.1) is 24.2 Å². The molecule has 2 aliphatic rings. The molecule has 0 N–H and O–H groups in total. The van der Waals surface area contributed by atoms with E-state index in [1.54, 1.807) is 13.8 Å². The summed E-state index contributed by atoms with van der Waals surface area (Å²) >= 11 is 0. The van der Waals surface area contributed by atoms with Crippen molar-refractivity contribution < 1.29 is 17.9 Å². The van der Waals surface area contributed by atoms with E-state index in [0.717, 1.165) is 71.4 Å². The lowest BCUT2D eigenvalue weighted by Gasteiger charge is -2.28. The molecule has 0 atom stereocenters. The number of sulfone groups is 1. The summed E-state index contributed by atoms with van der Waals surface area (Å²) in [6.07, 6.45) is 6.25. The molecule has 1 heterocycles. The summed E-state index contributed by atoms with van der Waals surface area (Å²) in [4.78, 5) is 14.8. The zero-order chi connectivity index (χ0) is 18.3. The van der Waals surface area contributed by atoms with Gasteiger partial charge < -0.3 is 4.74 Å². The topological polar surface area (TPSA) is 63.7 Å². The lowest BCUT2D eigenvalue weighted by atomic mass is 9.80. The van der Waals surface area contributed by atoms with Crippen molar-refractivity contribution in [2.75, 3.05) is 38.6 Å². The quantitative estimate of drug-likeness (QED) is 0.582. The lowest BCUT2D eigenvalue weighted by Crippen LogP contribution is -2.36. The molecular weight excluding hydrogens is 338 g/mol. The molecule has 25 heavy (non-hydrogen) atoms. The Morgan fingerprint density at radius 3 is 2.32 bits per heavy atom. The van der Waals surface area contributed by atoms with Gasteiger partial charge in [-0.2, -0.15) is 0 Å². The molecule has 2 rings (SSSR count). The van der Waals surface area contributed by atoms with Gasteiger partial charge in [0.25, 0.3) is 0 Å². The van der Waals surface area contributed by atoms with Crippen LogP contribution in [0.4, 0.5) is 0 Å². The number of nitrogens with zero attached hydrogens (tertiary/aromatic N) is 1.